The van der Waals surface area contributed by atoms with Gasteiger partial charge in [0.05, 0.1) is 5.69 Å². The Balaban J connectivity index is 2.19. The van der Waals surface area contributed by atoms with Crippen LogP contribution in [0.25, 0.3) is 0 Å². The maximum atomic E-state index is 11.7. The molecular formula is C12H15NO3. The number of rotatable bonds is 3. The average Bonchev–Trinajstić information content (AvgIpc) is 2.28. The molecule has 2 N–H and O–H groups in total. The summed E-state index contributed by atoms with van der Waals surface area (Å²) in [5.41, 5.74) is 1.43. The number of phenols is 1. The highest BCUT2D eigenvalue weighted by Crippen LogP contribution is 2.31. The van der Waals surface area contributed by atoms with E-state index in [0.717, 1.165) is 12.0 Å². The van der Waals surface area contributed by atoms with Crippen LogP contribution in [0.5, 0.6) is 5.75 Å². The van der Waals surface area contributed by atoms with Gasteiger partial charge >= 0.3 is 0 Å². The number of anilines is 1. The molecule has 1 aromatic carbocycles. The molecule has 0 radical (unpaired) electrons. The lowest BCUT2D eigenvalue weighted by Crippen LogP contribution is -2.36. The van der Waals surface area contributed by atoms with Crippen LogP contribution in [0.15, 0.2) is 18.2 Å². The van der Waals surface area contributed by atoms with Gasteiger partial charge in [-0.3, -0.25) is 4.79 Å². The number of amides is 1. The number of aromatic hydroxyl groups is 1. The van der Waals surface area contributed by atoms with Crippen molar-refractivity contribution >= 4 is 11.6 Å². The van der Waals surface area contributed by atoms with E-state index >= 15 is 0 Å². The highest BCUT2D eigenvalue weighted by molar-refractivity contribution is 5.98. The predicted octanol–water partition coefficient (Wildman–Crippen LogP) is 1.68. The highest BCUT2D eigenvalue weighted by atomic mass is 16.5. The summed E-state index contributed by atoms with van der Waals surface area (Å²) in [4.78, 5) is 11.7. The molecule has 1 unspecified atom stereocenters. The van der Waals surface area contributed by atoms with Gasteiger partial charge < -0.3 is 15.2 Å². The van der Waals surface area contributed by atoms with Gasteiger partial charge in [0.15, 0.2) is 0 Å². The third kappa shape index (κ3) is 2.02. The number of ether oxygens (including phenoxy) is 1. The number of hydrogen-bond acceptors (Lipinski definition) is 3. The molecule has 1 aliphatic rings. The van der Waals surface area contributed by atoms with Crippen molar-refractivity contribution in [3.63, 3.8) is 0 Å². The first-order chi connectivity index (χ1) is 7.72. The van der Waals surface area contributed by atoms with Crippen molar-refractivity contribution in [2.24, 2.45) is 0 Å². The molecule has 1 atom stereocenters. The Morgan fingerprint density at radius 3 is 3.12 bits per heavy atom. The Bertz CT molecular complexity index is 403. The van der Waals surface area contributed by atoms with E-state index in [0.29, 0.717) is 18.7 Å². The summed E-state index contributed by atoms with van der Waals surface area (Å²) in [6.07, 6.45) is 0.973. The van der Waals surface area contributed by atoms with Gasteiger partial charge in [0.25, 0.3) is 5.91 Å². The van der Waals surface area contributed by atoms with Crippen LogP contribution in [0.4, 0.5) is 5.69 Å². The second-order valence-electron chi connectivity index (χ2n) is 3.86. The van der Waals surface area contributed by atoms with Crippen molar-refractivity contribution in [2.75, 3.05) is 11.9 Å². The lowest BCUT2D eigenvalue weighted by molar-refractivity contribution is -0.127. The predicted molar refractivity (Wildman–Crippen MR) is 60.5 cm³/mol. The van der Waals surface area contributed by atoms with Crippen molar-refractivity contribution in [1.29, 1.82) is 0 Å². The van der Waals surface area contributed by atoms with E-state index in [4.69, 9.17) is 4.74 Å². The molecule has 16 heavy (non-hydrogen) atoms. The first kappa shape index (κ1) is 11.0. The molecule has 2 rings (SSSR count). The molecule has 1 amide bonds. The van der Waals surface area contributed by atoms with Gasteiger partial charge in [-0.1, -0.05) is 19.1 Å². The van der Waals surface area contributed by atoms with Crippen molar-refractivity contribution in [2.45, 2.75) is 25.9 Å². The Hall–Kier alpha value is -1.55. The summed E-state index contributed by atoms with van der Waals surface area (Å²) in [7, 11) is 0. The van der Waals surface area contributed by atoms with Crippen molar-refractivity contribution < 1.29 is 14.6 Å². The van der Waals surface area contributed by atoms with Gasteiger partial charge in [-0.25, -0.2) is 0 Å². The quantitative estimate of drug-likeness (QED) is 0.763. The highest BCUT2D eigenvalue weighted by Gasteiger charge is 2.27. The van der Waals surface area contributed by atoms with Gasteiger partial charge in [0.1, 0.15) is 11.9 Å². The number of phenolic OH excluding ortho intramolecular Hbond substituents is 1. The zero-order valence-corrected chi connectivity index (χ0v) is 9.19. The molecule has 0 aromatic heterocycles. The third-order valence-corrected chi connectivity index (χ3v) is 2.60. The smallest absolute Gasteiger partial charge is 0.253 e. The zero-order chi connectivity index (χ0) is 11.5. The summed E-state index contributed by atoms with van der Waals surface area (Å²) in [5, 5.41) is 12.3. The van der Waals surface area contributed by atoms with E-state index in [9.17, 15) is 9.90 Å². The molecule has 86 valence electrons. The molecular weight excluding hydrogens is 206 g/mol. The minimum absolute atomic E-state index is 0.111. The fourth-order valence-corrected chi connectivity index (χ4v) is 1.79. The molecule has 0 saturated heterocycles. The Morgan fingerprint density at radius 1 is 1.56 bits per heavy atom. The van der Waals surface area contributed by atoms with E-state index in [1.165, 1.54) is 0 Å². The zero-order valence-electron chi connectivity index (χ0n) is 9.19. The molecule has 0 saturated carbocycles. The van der Waals surface area contributed by atoms with Gasteiger partial charge in [0.2, 0.25) is 0 Å². The molecule has 4 heteroatoms. The van der Waals surface area contributed by atoms with Crippen molar-refractivity contribution in [1.82, 2.24) is 0 Å². The summed E-state index contributed by atoms with van der Waals surface area (Å²) < 4.78 is 5.45. The van der Waals surface area contributed by atoms with Crippen LogP contribution in [0.2, 0.25) is 0 Å². The number of carbonyl (C=O) groups excluding carboxylic acids is 1. The van der Waals surface area contributed by atoms with E-state index < -0.39 is 6.10 Å². The Labute approximate surface area is 94.2 Å². The summed E-state index contributed by atoms with van der Waals surface area (Å²) in [6, 6.07) is 5.21. The first-order valence-electron chi connectivity index (χ1n) is 5.45. The number of fused-ring (bicyclic) bond motifs is 1. The molecule has 1 heterocycles. The second kappa shape index (κ2) is 4.53. The summed E-state index contributed by atoms with van der Waals surface area (Å²) in [5.74, 6) is -0.0674. The lowest BCUT2D eigenvalue weighted by atomic mass is 10.0. The molecule has 0 bridgehead atoms. The van der Waals surface area contributed by atoms with Gasteiger partial charge in [-0.15, -0.1) is 0 Å². The normalized spacial score (nSPS) is 19.1. The van der Waals surface area contributed by atoms with E-state index in [2.05, 4.69) is 5.32 Å². The molecule has 0 aliphatic carbocycles. The van der Waals surface area contributed by atoms with Gasteiger partial charge in [-0.05, 0) is 18.1 Å². The maximum absolute atomic E-state index is 11.7. The SMILES string of the molecule is CCCOC1Cc2cccc(O)c2NC1=O. The van der Waals surface area contributed by atoms with Crippen LogP contribution in [0, 0.1) is 0 Å². The van der Waals surface area contributed by atoms with Crippen molar-refractivity contribution in [3.05, 3.63) is 23.8 Å². The van der Waals surface area contributed by atoms with Crippen LogP contribution >= 0.6 is 0 Å². The monoisotopic (exact) mass is 221 g/mol. The molecule has 0 fully saturated rings. The number of carbonyl (C=O) groups is 1. The van der Waals surface area contributed by atoms with E-state index in [-0.39, 0.29) is 11.7 Å². The van der Waals surface area contributed by atoms with Gasteiger partial charge in [-0.2, -0.15) is 0 Å². The second-order valence-corrected chi connectivity index (χ2v) is 3.86. The van der Waals surface area contributed by atoms with Crippen LogP contribution in [-0.4, -0.2) is 23.7 Å². The summed E-state index contributed by atoms with van der Waals surface area (Å²) in [6.45, 7) is 2.58. The van der Waals surface area contributed by atoms with E-state index in [1.807, 2.05) is 13.0 Å². The average molecular weight is 221 g/mol. The molecule has 4 nitrogen and oxygen atoms in total. The Morgan fingerprint density at radius 2 is 2.38 bits per heavy atom. The van der Waals surface area contributed by atoms with Crippen LogP contribution in [0.1, 0.15) is 18.9 Å². The number of nitrogens with one attached hydrogen (secondary N) is 1. The van der Waals surface area contributed by atoms with Gasteiger partial charge in [0, 0.05) is 13.0 Å². The number of hydrogen-bond donors (Lipinski definition) is 2. The summed E-state index contributed by atoms with van der Waals surface area (Å²) >= 11 is 0. The number of benzene rings is 1. The van der Waals surface area contributed by atoms with Crippen LogP contribution in [0.3, 0.4) is 0 Å². The fraction of sp³-hybridized carbons (Fsp3) is 0.417. The molecule has 0 spiro atoms. The number of para-hydroxylation sites is 1. The minimum atomic E-state index is -0.436. The van der Waals surface area contributed by atoms with E-state index in [1.54, 1.807) is 12.1 Å². The topological polar surface area (TPSA) is 58.6 Å². The maximum Gasteiger partial charge on any atom is 0.253 e. The van der Waals surface area contributed by atoms with Crippen LogP contribution in [-0.2, 0) is 16.0 Å². The lowest BCUT2D eigenvalue weighted by Gasteiger charge is -2.25. The van der Waals surface area contributed by atoms with Crippen molar-refractivity contribution in [3.8, 4) is 5.75 Å². The van der Waals surface area contributed by atoms with Crippen LogP contribution < -0.4 is 5.32 Å². The molecule has 1 aliphatic heterocycles. The fourth-order valence-electron chi connectivity index (χ4n) is 1.79. The largest absolute Gasteiger partial charge is 0.506 e. The Kier molecular flexibility index (Phi) is 3.10. The minimum Gasteiger partial charge on any atom is -0.506 e. The standard InChI is InChI=1S/C12H15NO3/c1-2-6-16-10-7-8-4-3-5-9(14)11(8)13-12(10)15/h3-5,10,14H,2,6-7H2,1H3,(H,13,15). The first-order valence-corrected chi connectivity index (χ1v) is 5.45. The third-order valence-electron chi connectivity index (χ3n) is 2.60. The molecule has 1 aromatic rings.